The predicted octanol–water partition coefficient (Wildman–Crippen LogP) is 1.77. The van der Waals surface area contributed by atoms with Gasteiger partial charge in [-0.2, -0.15) is 0 Å². The fraction of sp³-hybridized carbons (Fsp3) is 0.667. The summed E-state index contributed by atoms with van der Waals surface area (Å²) in [6, 6.07) is 0. The molecule has 2 aliphatic heterocycles. The van der Waals surface area contributed by atoms with E-state index in [1.54, 1.807) is 0 Å². The number of carbonyl (C=O) groups is 1. The molecule has 1 fully saturated rings. The van der Waals surface area contributed by atoms with E-state index in [1.807, 2.05) is 0 Å². The van der Waals surface area contributed by atoms with E-state index >= 15 is 0 Å². The molecular formula is C12H16N2O3. The van der Waals surface area contributed by atoms with E-state index in [4.69, 9.17) is 4.74 Å². The summed E-state index contributed by atoms with van der Waals surface area (Å²) in [5, 5.41) is 9.18. The van der Waals surface area contributed by atoms with Gasteiger partial charge < -0.3 is 14.4 Å². The van der Waals surface area contributed by atoms with Crippen molar-refractivity contribution in [2.75, 3.05) is 6.61 Å². The maximum Gasteiger partial charge on any atom is 0.356 e. The van der Waals surface area contributed by atoms with Crippen molar-refractivity contribution < 1.29 is 14.6 Å². The highest BCUT2D eigenvalue weighted by atomic mass is 16.5. The van der Waals surface area contributed by atoms with Gasteiger partial charge in [0.05, 0.1) is 5.69 Å². The van der Waals surface area contributed by atoms with Crippen LogP contribution in [0, 0.1) is 0 Å². The first kappa shape index (κ1) is 10.8. The maximum atomic E-state index is 11.2. The number of ether oxygens (including phenoxy) is 1. The van der Waals surface area contributed by atoms with Gasteiger partial charge in [0.1, 0.15) is 11.9 Å². The average Bonchev–Trinajstić information content (AvgIpc) is 2.95. The van der Waals surface area contributed by atoms with E-state index in [-0.39, 0.29) is 11.8 Å². The summed E-state index contributed by atoms with van der Waals surface area (Å²) in [7, 11) is 0. The zero-order chi connectivity index (χ0) is 11.8. The first-order chi connectivity index (χ1) is 8.27. The van der Waals surface area contributed by atoms with Crippen LogP contribution >= 0.6 is 0 Å². The number of carboxylic acids is 1. The fourth-order valence-electron chi connectivity index (χ4n) is 2.77. The van der Waals surface area contributed by atoms with Crippen molar-refractivity contribution >= 4 is 5.97 Å². The quantitative estimate of drug-likeness (QED) is 0.850. The second kappa shape index (κ2) is 4.14. The molecule has 17 heavy (non-hydrogen) atoms. The molecule has 0 amide bonds. The van der Waals surface area contributed by atoms with Crippen LogP contribution in [0.1, 0.15) is 53.8 Å². The molecule has 1 N–H and O–H groups in total. The van der Waals surface area contributed by atoms with Crippen molar-refractivity contribution in [1.82, 2.24) is 9.55 Å². The van der Waals surface area contributed by atoms with E-state index in [0.29, 0.717) is 0 Å². The van der Waals surface area contributed by atoms with Crippen molar-refractivity contribution in [1.29, 1.82) is 0 Å². The number of carboxylic acid groups (broad SMARTS) is 1. The van der Waals surface area contributed by atoms with Gasteiger partial charge >= 0.3 is 5.97 Å². The molecule has 1 atom stereocenters. The van der Waals surface area contributed by atoms with Crippen molar-refractivity contribution in [2.45, 2.75) is 44.8 Å². The highest BCUT2D eigenvalue weighted by Gasteiger charge is 2.29. The van der Waals surface area contributed by atoms with Crippen molar-refractivity contribution in [2.24, 2.45) is 0 Å². The second-order valence-corrected chi connectivity index (χ2v) is 4.68. The number of aromatic carboxylic acids is 1. The predicted molar refractivity (Wildman–Crippen MR) is 60.1 cm³/mol. The molecule has 2 aliphatic rings. The molecule has 1 unspecified atom stereocenters. The third-order valence-corrected chi connectivity index (χ3v) is 3.57. The molecule has 92 valence electrons. The van der Waals surface area contributed by atoms with Crippen molar-refractivity contribution in [3.05, 3.63) is 17.2 Å². The van der Waals surface area contributed by atoms with Gasteiger partial charge in [0.2, 0.25) is 0 Å². The Bertz CT molecular complexity index is 447. The van der Waals surface area contributed by atoms with E-state index in [2.05, 4.69) is 9.55 Å². The Morgan fingerprint density at radius 3 is 3.00 bits per heavy atom. The zero-order valence-electron chi connectivity index (χ0n) is 9.69. The number of hydrogen-bond acceptors (Lipinski definition) is 3. The highest BCUT2D eigenvalue weighted by molar-refractivity contribution is 5.87. The molecule has 0 aromatic carbocycles. The number of aromatic nitrogens is 2. The highest BCUT2D eigenvalue weighted by Crippen LogP contribution is 2.31. The third kappa shape index (κ3) is 1.74. The van der Waals surface area contributed by atoms with Crippen molar-refractivity contribution in [3.8, 4) is 0 Å². The maximum absolute atomic E-state index is 11.2. The van der Waals surface area contributed by atoms with Crippen LogP contribution in [0.2, 0.25) is 0 Å². The topological polar surface area (TPSA) is 64.3 Å². The van der Waals surface area contributed by atoms with Gasteiger partial charge in [-0.25, -0.2) is 9.78 Å². The van der Waals surface area contributed by atoms with Crippen LogP contribution in [0.3, 0.4) is 0 Å². The molecule has 3 rings (SSSR count). The van der Waals surface area contributed by atoms with Gasteiger partial charge in [0, 0.05) is 13.2 Å². The van der Waals surface area contributed by atoms with Crippen LogP contribution < -0.4 is 0 Å². The Hall–Kier alpha value is -1.36. The van der Waals surface area contributed by atoms with Crippen LogP contribution in [0.4, 0.5) is 0 Å². The molecule has 0 saturated carbocycles. The molecule has 1 saturated heterocycles. The Labute approximate surface area is 99.4 Å². The Morgan fingerprint density at radius 2 is 2.29 bits per heavy atom. The minimum atomic E-state index is -0.917. The van der Waals surface area contributed by atoms with Crippen LogP contribution in [-0.4, -0.2) is 27.2 Å². The summed E-state index contributed by atoms with van der Waals surface area (Å²) < 4.78 is 7.69. The lowest BCUT2D eigenvalue weighted by atomic mass is 10.1. The van der Waals surface area contributed by atoms with Crippen molar-refractivity contribution in [3.63, 3.8) is 0 Å². The summed E-state index contributed by atoms with van der Waals surface area (Å²) in [6.07, 6.45) is 4.96. The van der Waals surface area contributed by atoms with E-state index in [9.17, 15) is 9.90 Å². The molecular weight excluding hydrogens is 220 g/mol. The molecule has 0 radical (unpaired) electrons. The second-order valence-electron chi connectivity index (χ2n) is 4.68. The molecule has 3 heterocycles. The molecule has 1 aromatic rings. The normalized spacial score (nSPS) is 23.6. The molecule has 0 aliphatic carbocycles. The summed E-state index contributed by atoms with van der Waals surface area (Å²) in [5.74, 6) is -0.0884. The first-order valence-corrected chi connectivity index (χ1v) is 6.21. The summed E-state index contributed by atoms with van der Waals surface area (Å²) in [4.78, 5) is 15.5. The van der Waals surface area contributed by atoms with Crippen LogP contribution in [0.25, 0.3) is 0 Å². The largest absolute Gasteiger partial charge is 0.476 e. The molecule has 5 nitrogen and oxygen atoms in total. The first-order valence-electron chi connectivity index (χ1n) is 6.21. The Balaban J connectivity index is 2.05. The van der Waals surface area contributed by atoms with Gasteiger partial charge in [0.25, 0.3) is 0 Å². The lowest BCUT2D eigenvalue weighted by molar-refractivity contribution is 0.0688. The minimum Gasteiger partial charge on any atom is -0.476 e. The Morgan fingerprint density at radius 1 is 1.41 bits per heavy atom. The summed E-state index contributed by atoms with van der Waals surface area (Å²) >= 11 is 0. The van der Waals surface area contributed by atoms with Gasteiger partial charge in [-0.15, -0.1) is 0 Å². The lowest BCUT2D eigenvalue weighted by Gasteiger charge is -2.18. The average molecular weight is 236 g/mol. The van der Waals surface area contributed by atoms with E-state index in [0.717, 1.165) is 56.8 Å². The van der Waals surface area contributed by atoms with E-state index in [1.165, 1.54) is 0 Å². The number of rotatable bonds is 2. The lowest BCUT2D eigenvalue weighted by Crippen LogP contribution is -2.16. The molecule has 0 bridgehead atoms. The smallest absolute Gasteiger partial charge is 0.356 e. The van der Waals surface area contributed by atoms with Crippen LogP contribution in [-0.2, 0) is 17.7 Å². The molecule has 1 aromatic heterocycles. The van der Waals surface area contributed by atoms with Gasteiger partial charge in [0.15, 0.2) is 5.69 Å². The standard InChI is InChI=1S/C12H16N2O3/c15-12(16)10-8-4-1-2-6-14(8)11(13-10)9-5-3-7-17-9/h9H,1-7H2,(H,15,16). The number of imidazole rings is 1. The van der Waals surface area contributed by atoms with Gasteiger partial charge in [-0.1, -0.05) is 0 Å². The molecule has 0 spiro atoms. The summed E-state index contributed by atoms with van der Waals surface area (Å²) in [6.45, 7) is 1.64. The number of fused-ring (bicyclic) bond motifs is 1. The van der Waals surface area contributed by atoms with Gasteiger partial charge in [-0.05, 0) is 32.1 Å². The summed E-state index contributed by atoms with van der Waals surface area (Å²) in [5.41, 5.74) is 1.12. The third-order valence-electron chi connectivity index (χ3n) is 3.57. The van der Waals surface area contributed by atoms with Gasteiger partial charge in [-0.3, -0.25) is 0 Å². The SMILES string of the molecule is O=C(O)c1nc(C2CCCO2)n2c1CCCC2. The number of hydrogen-bond donors (Lipinski definition) is 1. The van der Waals surface area contributed by atoms with E-state index < -0.39 is 5.97 Å². The van der Waals surface area contributed by atoms with Crippen LogP contribution in [0.5, 0.6) is 0 Å². The number of nitrogens with zero attached hydrogens (tertiary/aromatic N) is 2. The van der Waals surface area contributed by atoms with Crippen LogP contribution in [0.15, 0.2) is 0 Å². The Kier molecular flexibility index (Phi) is 2.63. The monoisotopic (exact) mass is 236 g/mol. The molecule has 5 heteroatoms. The zero-order valence-corrected chi connectivity index (χ0v) is 9.69. The fourth-order valence-corrected chi connectivity index (χ4v) is 2.77. The minimum absolute atomic E-state index is 0.0000463.